The molecule has 0 aromatic carbocycles. The van der Waals surface area contributed by atoms with Crippen LogP contribution in [0.1, 0.15) is 12.8 Å². The maximum absolute atomic E-state index is 3.60. The van der Waals surface area contributed by atoms with Gasteiger partial charge in [0.15, 0.2) is 0 Å². The van der Waals surface area contributed by atoms with Crippen molar-refractivity contribution in [2.24, 2.45) is 0 Å². The molecule has 0 amide bonds. The smallest absolute Gasteiger partial charge is 0 e. The fraction of sp³-hybridized carbons (Fsp3) is 0.400. The second-order valence-corrected chi connectivity index (χ2v) is 0.931. The number of hydrogen-bond acceptors (Lipinski definition) is 0. The van der Waals surface area contributed by atoms with Crippen LogP contribution in [0.15, 0.2) is 12.7 Å². The van der Waals surface area contributed by atoms with Crippen LogP contribution in [-0.2, 0) is 19.5 Å². The average Bonchev–Trinajstić information content (AvgIpc) is 1.41. The second-order valence-electron chi connectivity index (χ2n) is 0.931. The van der Waals surface area contributed by atoms with E-state index in [1.54, 1.807) is 0 Å². The molecule has 0 unspecified atom stereocenters. The summed E-state index contributed by atoms with van der Waals surface area (Å²) in [5.41, 5.74) is 0. The third kappa shape index (κ3) is 8.84. The van der Waals surface area contributed by atoms with E-state index in [2.05, 4.69) is 13.5 Å². The molecule has 0 rings (SSSR count). The van der Waals surface area contributed by atoms with E-state index >= 15 is 0 Å². The SMILES string of the molecule is C=CCC[CH2-].[Zn]. The molecule has 6 heavy (non-hydrogen) atoms. The van der Waals surface area contributed by atoms with Gasteiger partial charge in [0.1, 0.15) is 0 Å². The third-order valence-corrected chi connectivity index (χ3v) is 0.408. The summed E-state index contributed by atoms with van der Waals surface area (Å²) in [5.74, 6) is 0. The first kappa shape index (κ1) is 9.61. The summed E-state index contributed by atoms with van der Waals surface area (Å²) in [6.45, 7) is 7.11. The molecule has 0 aromatic rings. The maximum atomic E-state index is 3.60. The quantitative estimate of drug-likeness (QED) is 0.307. The molecule has 32 valence electrons. The van der Waals surface area contributed by atoms with Crippen molar-refractivity contribution in [1.29, 1.82) is 0 Å². The largest absolute Gasteiger partial charge is 0.343 e. The molecular weight excluding hydrogens is 125 g/mol. The first-order valence-electron chi connectivity index (χ1n) is 1.82. The summed E-state index contributed by atoms with van der Waals surface area (Å²) in [7, 11) is 0. The Morgan fingerprint density at radius 1 is 1.67 bits per heavy atom. The molecule has 0 N–H and O–H groups in total. The Morgan fingerprint density at radius 3 is 2.17 bits per heavy atom. The Balaban J connectivity index is 0. The van der Waals surface area contributed by atoms with E-state index in [9.17, 15) is 0 Å². The summed E-state index contributed by atoms with van der Waals surface area (Å²) >= 11 is 0. The van der Waals surface area contributed by atoms with Gasteiger partial charge in [-0.05, 0) is 0 Å². The molecule has 0 saturated heterocycles. The van der Waals surface area contributed by atoms with E-state index < -0.39 is 0 Å². The minimum absolute atomic E-state index is 0. The van der Waals surface area contributed by atoms with Gasteiger partial charge in [-0.15, -0.1) is 6.58 Å². The number of rotatable bonds is 2. The molecule has 0 spiro atoms. The van der Waals surface area contributed by atoms with Gasteiger partial charge in [-0.2, -0.15) is 6.42 Å². The minimum atomic E-state index is 0. The Morgan fingerprint density at radius 2 is 2.17 bits per heavy atom. The Bertz CT molecular complexity index is 25.1. The summed E-state index contributed by atoms with van der Waals surface area (Å²) in [5, 5.41) is 0. The Hall–Kier alpha value is 0.363. The van der Waals surface area contributed by atoms with Crippen LogP contribution in [0.2, 0.25) is 0 Å². The molecule has 0 aliphatic rings. The van der Waals surface area contributed by atoms with Crippen LogP contribution >= 0.6 is 0 Å². The van der Waals surface area contributed by atoms with E-state index in [0.717, 1.165) is 12.8 Å². The van der Waals surface area contributed by atoms with Crippen molar-refractivity contribution in [3.63, 3.8) is 0 Å². The van der Waals surface area contributed by atoms with Gasteiger partial charge in [0.25, 0.3) is 0 Å². The zero-order chi connectivity index (χ0) is 4.12. The topological polar surface area (TPSA) is 0 Å². The van der Waals surface area contributed by atoms with E-state index in [-0.39, 0.29) is 19.5 Å². The molecule has 0 bridgehead atoms. The summed E-state index contributed by atoms with van der Waals surface area (Å²) in [6.07, 6.45) is 3.89. The predicted molar refractivity (Wildman–Crippen MR) is 24.8 cm³/mol. The van der Waals surface area contributed by atoms with Crippen molar-refractivity contribution in [3.8, 4) is 0 Å². The molecule has 0 aliphatic carbocycles. The average molecular weight is 135 g/mol. The molecule has 0 nitrogen and oxygen atoms in total. The number of hydrogen-bond donors (Lipinski definition) is 0. The molecule has 1 heteroatoms. The molecule has 0 atom stereocenters. The second kappa shape index (κ2) is 9.03. The van der Waals surface area contributed by atoms with Crippen LogP contribution in [0.3, 0.4) is 0 Å². The van der Waals surface area contributed by atoms with Crippen LogP contribution in [0.4, 0.5) is 0 Å². The Labute approximate surface area is 52.4 Å². The minimum Gasteiger partial charge on any atom is -0.343 e. The van der Waals surface area contributed by atoms with Gasteiger partial charge in [0.2, 0.25) is 0 Å². The van der Waals surface area contributed by atoms with Crippen LogP contribution in [-0.4, -0.2) is 0 Å². The van der Waals surface area contributed by atoms with Crippen LogP contribution in [0.5, 0.6) is 0 Å². The molecule has 0 aromatic heterocycles. The van der Waals surface area contributed by atoms with Crippen molar-refractivity contribution in [3.05, 3.63) is 19.6 Å². The summed E-state index contributed by atoms with van der Waals surface area (Å²) in [6, 6.07) is 0. The first-order chi connectivity index (χ1) is 2.41. The Kier molecular flexibility index (Phi) is 14.5. The molecule has 0 heterocycles. The zero-order valence-corrected chi connectivity index (χ0v) is 7.08. The van der Waals surface area contributed by atoms with Gasteiger partial charge in [0.05, 0.1) is 0 Å². The van der Waals surface area contributed by atoms with E-state index in [4.69, 9.17) is 0 Å². The fourth-order valence-corrected chi connectivity index (χ4v) is 0.144. The van der Waals surface area contributed by atoms with Crippen LogP contribution < -0.4 is 0 Å². The van der Waals surface area contributed by atoms with Gasteiger partial charge in [0, 0.05) is 19.5 Å². The first-order valence-corrected chi connectivity index (χ1v) is 1.82. The zero-order valence-electron chi connectivity index (χ0n) is 4.11. The maximum Gasteiger partial charge on any atom is 0 e. The summed E-state index contributed by atoms with van der Waals surface area (Å²) in [4.78, 5) is 0. The molecule has 0 radical (unpaired) electrons. The monoisotopic (exact) mass is 133 g/mol. The van der Waals surface area contributed by atoms with Gasteiger partial charge in [-0.25, -0.2) is 0 Å². The van der Waals surface area contributed by atoms with Crippen molar-refractivity contribution < 1.29 is 19.5 Å². The third-order valence-electron chi connectivity index (χ3n) is 0.408. The number of allylic oxidation sites excluding steroid dienone is 1. The molecule has 0 aliphatic heterocycles. The van der Waals surface area contributed by atoms with Crippen molar-refractivity contribution in [1.82, 2.24) is 0 Å². The predicted octanol–water partition coefficient (Wildman–Crippen LogP) is 1.78. The van der Waals surface area contributed by atoms with Crippen LogP contribution in [0, 0.1) is 6.92 Å². The van der Waals surface area contributed by atoms with Crippen LogP contribution in [0.25, 0.3) is 0 Å². The van der Waals surface area contributed by atoms with Gasteiger partial charge < -0.3 is 6.92 Å². The molecule has 0 fully saturated rings. The summed E-state index contributed by atoms with van der Waals surface area (Å²) < 4.78 is 0. The van der Waals surface area contributed by atoms with E-state index in [1.807, 2.05) is 6.08 Å². The van der Waals surface area contributed by atoms with E-state index in [0.29, 0.717) is 0 Å². The van der Waals surface area contributed by atoms with E-state index in [1.165, 1.54) is 0 Å². The van der Waals surface area contributed by atoms with Crippen molar-refractivity contribution in [2.75, 3.05) is 0 Å². The fourth-order valence-electron chi connectivity index (χ4n) is 0.144. The molecular formula is C5H9Zn-. The molecule has 0 saturated carbocycles. The van der Waals surface area contributed by atoms with Gasteiger partial charge >= 0.3 is 0 Å². The van der Waals surface area contributed by atoms with Gasteiger partial charge in [-0.1, -0.05) is 12.5 Å². The van der Waals surface area contributed by atoms with Gasteiger partial charge in [-0.3, -0.25) is 0 Å². The van der Waals surface area contributed by atoms with Crippen molar-refractivity contribution in [2.45, 2.75) is 12.8 Å². The van der Waals surface area contributed by atoms with Crippen molar-refractivity contribution >= 4 is 0 Å². The number of unbranched alkanes of at least 4 members (excludes halogenated alkanes) is 1. The normalized spacial score (nSPS) is 6.17. The standard InChI is InChI=1S/C5H9.Zn/c1-3-5-4-2;/h3H,1-2,4-5H2;/q-1;.